The molecule has 0 bridgehead atoms. The van der Waals surface area contributed by atoms with Gasteiger partial charge in [0.05, 0.1) is 11.3 Å². The van der Waals surface area contributed by atoms with E-state index in [1.807, 2.05) is 0 Å². The van der Waals surface area contributed by atoms with Crippen molar-refractivity contribution in [2.75, 3.05) is 19.0 Å². The van der Waals surface area contributed by atoms with Crippen LogP contribution in [-0.2, 0) is 0 Å². The smallest absolute Gasteiger partial charge is 0.255 e. The maximum atomic E-state index is 14.6. The lowest BCUT2D eigenvalue weighted by molar-refractivity contribution is 0.362. The number of halogens is 3. The number of aromatic amines is 1. The first kappa shape index (κ1) is 15.1. The van der Waals surface area contributed by atoms with Gasteiger partial charge in [-0.3, -0.25) is 9.78 Å². The molecule has 0 aliphatic carbocycles. The van der Waals surface area contributed by atoms with Crippen LogP contribution < -0.4 is 10.5 Å². The minimum atomic E-state index is -2.16. The molecule has 4 nitrogen and oxygen atoms in total. The predicted molar refractivity (Wildman–Crippen MR) is 73.2 cm³/mol. The van der Waals surface area contributed by atoms with Crippen LogP contribution in [0.4, 0.5) is 19.1 Å². The first-order valence-corrected chi connectivity index (χ1v) is 6.19. The van der Waals surface area contributed by atoms with Crippen molar-refractivity contribution < 1.29 is 13.2 Å². The molecule has 0 spiro atoms. The molecule has 1 N–H and O–H groups in total. The molecule has 1 aromatic carbocycles. The quantitative estimate of drug-likeness (QED) is 0.947. The lowest BCUT2D eigenvalue weighted by Gasteiger charge is -2.16. The molecule has 0 amide bonds. The topological polar surface area (TPSA) is 49.0 Å². The van der Waals surface area contributed by atoms with Gasteiger partial charge in [-0.2, -0.15) is 0 Å². The number of nitrogens with one attached hydrogen (secondary N) is 1. The van der Waals surface area contributed by atoms with Crippen molar-refractivity contribution in [3.8, 4) is 0 Å². The highest BCUT2D eigenvalue weighted by Gasteiger charge is 2.26. The molecule has 21 heavy (non-hydrogen) atoms. The predicted octanol–water partition coefficient (Wildman–Crippen LogP) is 2.48. The van der Waals surface area contributed by atoms with Crippen molar-refractivity contribution >= 4 is 5.95 Å². The molecule has 2 rings (SSSR count). The second-order valence-electron chi connectivity index (χ2n) is 4.79. The number of nitrogens with zero attached hydrogens (tertiary/aromatic N) is 2. The number of hydrogen-bond donors (Lipinski definition) is 1. The molecule has 7 heteroatoms. The minimum Gasteiger partial charge on any atom is -0.348 e. The molecule has 1 atom stereocenters. The van der Waals surface area contributed by atoms with Gasteiger partial charge in [-0.05, 0) is 19.1 Å². The van der Waals surface area contributed by atoms with Crippen molar-refractivity contribution in [1.29, 1.82) is 0 Å². The Morgan fingerprint density at radius 1 is 1.24 bits per heavy atom. The van der Waals surface area contributed by atoms with E-state index >= 15 is 0 Å². The second kappa shape index (κ2) is 5.59. The zero-order valence-corrected chi connectivity index (χ0v) is 11.7. The molecule has 0 fully saturated rings. The molecule has 112 valence electrons. The normalized spacial score (nSPS) is 12.3. The molecule has 1 heterocycles. The van der Waals surface area contributed by atoms with E-state index in [-0.39, 0.29) is 17.2 Å². The fourth-order valence-electron chi connectivity index (χ4n) is 1.89. The number of H-pyrrole nitrogens is 1. The number of benzene rings is 1. The van der Waals surface area contributed by atoms with Crippen LogP contribution in [-0.4, -0.2) is 24.1 Å². The summed E-state index contributed by atoms with van der Waals surface area (Å²) in [5, 5.41) is 0. The van der Waals surface area contributed by atoms with Gasteiger partial charge in [-0.15, -0.1) is 0 Å². The van der Waals surface area contributed by atoms with Crippen LogP contribution in [0.15, 0.2) is 23.0 Å². The highest BCUT2D eigenvalue weighted by atomic mass is 19.2. The van der Waals surface area contributed by atoms with E-state index in [0.29, 0.717) is 0 Å². The SMILES string of the molecule is Cc1c(C(F)c2c(F)cccc2F)nc(N(C)C)[nH]c1=O. The maximum absolute atomic E-state index is 14.6. The molecule has 0 aliphatic rings. The van der Waals surface area contributed by atoms with Gasteiger partial charge >= 0.3 is 0 Å². The summed E-state index contributed by atoms with van der Waals surface area (Å²) < 4.78 is 41.9. The Kier molecular flexibility index (Phi) is 4.02. The fourth-order valence-corrected chi connectivity index (χ4v) is 1.89. The van der Waals surface area contributed by atoms with Crippen LogP contribution in [0.5, 0.6) is 0 Å². The molecule has 0 saturated carbocycles. The van der Waals surface area contributed by atoms with Gasteiger partial charge in [0.15, 0.2) is 6.17 Å². The summed E-state index contributed by atoms with van der Waals surface area (Å²) in [5.41, 5.74) is -1.62. The number of anilines is 1. The summed E-state index contributed by atoms with van der Waals surface area (Å²) in [4.78, 5) is 19.7. The molecule has 0 saturated heterocycles. The third-order valence-electron chi connectivity index (χ3n) is 3.09. The summed E-state index contributed by atoms with van der Waals surface area (Å²) in [6, 6.07) is 3.06. The van der Waals surface area contributed by atoms with E-state index < -0.39 is 28.9 Å². The summed E-state index contributed by atoms with van der Waals surface area (Å²) in [5.74, 6) is -1.93. The van der Waals surface area contributed by atoms with E-state index in [2.05, 4.69) is 9.97 Å². The van der Waals surface area contributed by atoms with Gasteiger partial charge < -0.3 is 4.90 Å². The molecule has 1 aromatic heterocycles. The van der Waals surface area contributed by atoms with Crippen LogP contribution >= 0.6 is 0 Å². The van der Waals surface area contributed by atoms with E-state index in [4.69, 9.17) is 0 Å². The first-order valence-electron chi connectivity index (χ1n) is 6.19. The van der Waals surface area contributed by atoms with Crippen molar-refractivity contribution in [1.82, 2.24) is 9.97 Å². The maximum Gasteiger partial charge on any atom is 0.255 e. The van der Waals surface area contributed by atoms with E-state index in [1.54, 1.807) is 14.1 Å². The van der Waals surface area contributed by atoms with Gasteiger partial charge in [0.2, 0.25) is 5.95 Å². The third kappa shape index (κ3) is 2.76. The van der Waals surface area contributed by atoms with E-state index in [1.165, 1.54) is 11.8 Å². The molecule has 1 unspecified atom stereocenters. The standard InChI is InChI=1S/C14H14F3N3O/c1-7-12(18-14(20(2)3)19-13(7)21)11(17)10-8(15)5-4-6-9(10)16/h4-6,11H,1-3H3,(H,18,19,21). The van der Waals surface area contributed by atoms with Crippen molar-refractivity contribution in [2.45, 2.75) is 13.1 Å². The van der Waals surface area contributed by atoms with Crippen molar-refractivity contribution in [3.05, 3.63) is 57.0 Å². The average molecular weight is 297 g/mol. The Morgan fingerprint density at radius 3 is 2.33 bits per heavy atom. The zero-order valence-electron chi connectivity index (χ0n) is 11.7. The number of hydrogen-bond acceptors (Lipinski definition) is 3. The van der Waals surface area contributed by atoms with E-state index in [0.717, 1.165) is 18.2 Å². The third-order valence-corrected chi connectivity index (χ3v) is 3.09. The minimum absolute atomic E-state index is 0.0178. The largest absolute Gasteiger partial charge is 0.348 e. The Hall–Kier alpha value is -2.31. The summed E-state index contributed by atoms with van der Waals surface area (Å²) in [7, 11) is 3.21. The van der Waals surface area contributed by atoms with Crippen LogP contribution in [0, 0.1) is 18.6 Å². The van der Waals surface area contributed by atoms with Gasteiger partial charge in [-0.1, -0.05) is 6.07 Å². The highest BCUT2D eigenvalue weighted by molar-refractivity contribution is 5.36. The van der Waals surface area contributed by atoms with Crippen LogP contribution in [0.2, 0.25) is 0 Å². The van der Waals surface area contributed by atoms with Crippen LogP contribution in [0.3, 0.4) is 0 Å². The monoisotopic (exact) mass is 297 g/mol. The molecule has 0 radical (unpaired) electrons. The Morgan fingerprint density at radius 2 is 1.81 bits per heavy atom. The second-order valence-corrected chi connectivity index (χ2v) is 4.79. The average Bonchev–Trinajstić information content (AvgIpc) is 2.41. The highest BCUT2D eigenvalue weighted by Crippen LogP contribution is 2.30. The zero-order chi connectivity index (χ0) is 15.7. The summed E-state index contributed by atoms with van der Waals surface area (Å²) >= 11 is 0. The molecular weight excluding hydrogens is 283 g/mol. The van der Waals surface area contributed by atoms with Crippen molar-refractivity contribution in [2.24, 2.45) is 0 Å². The molecule has 0 aliphatic heterocycles. The number of alkyl halides is 1. The Balaban J connectivity index is 2.63. The van der Waals surface area contributed by atoms with Crippen LogP contribution in [0.25, 0.3) is 0 Å². The van der Waals surface area contributed by atoms with E-state index in [9.17, 15) is 18.0 Å². The van der Waals surface area contributed by atoms with Gasteiger partial charge in [0.1, 0.15) is 11.6 Å². The lowest BCUT2D eigenvalue weighted by atomic mass is 10.0. The Bertz CT molecular complexity index is 708. The molecule has 2 aromatic rings. The summed E-state index contributed by atoms with van der Waals surface area (Å²) in [6.07, 6.45) is -2.16. The van der Waals surface area contributed by atoms with Crippen LogP contribution in [0.1, 0.15) is 23.0 Å². The van der Waals surface area contributed by atoms with Crippen molar-refractivity contribution in [3.63, 3.8) is 0 Å². The fraction of sp³-hybridized carbons (Fsp3) is 0.286. The van der Waals surface area contributed by atoms with Gasteiger partial charge in [0.25, 0.3) is 5.56 Å². The lowest BCUT2D eigenvalue weighted by Crippen LogP contribution is -2.23. The summed E-state index contributed by atoms with van der Waals surface area (Å²) in [6.45, 7) is 1.35. The Labute approximate surface area is 119 Å². The first-order chi connectivity index (χ1) is 9.82. The number of aromatic nitrogens is 2. The molecular formula is C14H14F3N3O. The van der Waals surface area contributed by atoms with Gasteiger partial charge in [-0.25, -0.2) is 18.2 Å². The number of rotatable bonds is 3. The van der Waals surface area contributed by atoms with Gasteiger partial charge in [0, 0.05) is 19.7 Å².